The predicted molar refractivity (Wildman–Crippen MR) is 102 cm³/mol. The lowest BCUT2D eigenvalue weighted by Gasteiger charge is -2.34. The lowest BCUT2D eigenvalue weighted by molar-refractivity contribution is 0.186. The number of likely N-dealkylation sites (tertiary alicyclic amines) is 1. The highest BCUT2D eigenvalue weighted by Crippen LogP contribution is 2.41. The van der Waals surface area contributed by atoms with Gasteiger partial charge in [0, 0.05) is 0 Å². The van der Waals surface area contributed by atoms with Crippen LogP contribution in [0.2, 0.25) is 0 Å². The van der Waals surface area contributed by atoms with Gasteiger partial charge in [-0.15, -0.1) is 5.10 Å². The number of rotatable bonds is 5. The van der Waals surface area contributed by atoms with Crippen LogP contribution >= 0.6 is 11.3 Å². The van der Waals surface area contributed by atoms with Crippen molar-refractivity contribution in [2.45, 2.75) is 39.2 Å². The molecule has 0 radical (unpaired) electrons. The van der Waals surface area contributed by atoms with Crippen molar-refractivity contribution in [3.8, 4) is 11.6 Å². The summed E-state index contributed by atoms with van der Waals surface area (Å²) >= 11 is 1.52. The normalized spacial score (nSPS) is 16.8. The second-order valence-electron chi connectivity index (χ2n) is 6.64. The molecule has 138 valence electrons. The quantitative estimate of drug-likeness (QED) is 0.738. The molecule has 0 saturated carbocycles. The number of nitrogens with zero attached hydrogens (tertiary/aromatic N) is 4. The summed E-state index contributed by atoms with van der Waals surface area (Å²) < 4.78 is 7.14. The van der Waals surface area contributed by atoms with Crippen LogP contribution in [0.25, 0.3) is 4.96 Å². The lowest BCUT2D eigenvalue weighted by Crippen LogP contribution is -2.34. The fourth-order valence-corrected chi connectivity index (χ4v) is 4.81. The molecule has 1 aromatic carbocycles. The summed E-state index contributed by atoms with van der Waals surface area (Å²) in [6.45, 7) is 6.54. The van der Waals surface area contributed by atoms with E-state index in [0.29, 0.717) is 12.4 Å². The summed E-state index contributed by atoms with van der Waals surface area (Å²) in [4.78, 5) is 8.53. The van der Waals surface area contributed by atoms with Crippen molar-refractivity contribution in [1.82, 2.24) is 19.5 Å². The Morgan fingerprint density at radius 1 is 1.19 bits per heavy atom. The van der Waals surface area contributed by atoms with Gasteiger partial charge in [-0.1, -0.05) is 29.9 Å². The van der Waals surface area contributed by atoms with Gasteiger partial charge in [0.15, 0.2) is 0 Å². The molecule has 1 N–H and O–H groups in total. The second kappa shape index (κ2) is 7.25. The predicted octanol–water partition coefficient (Wildman–Crippen LogP) is 3.78. The third-order valence-corrected chi connectivity index (χ3v) is 5.89. The maximum absolute atomic E-state index is 10.8. The van der Waals surface area contributed by atoms with Gasteiger partial charge in [0.25, 0.3) is 0 Å². The van der Waals surface area contributed by atoms with Crippen LogP contribution < -0.4 is 4.74 Å². The van der Waals surface area contributed by atoms with E-state index in [1.165, 1.54) is 30.6 Å². The van der Waals surface area contributed by atoms with E-state index in [4.69, 9.17) is 4.74 Å². The maximum atomic E-state index is 10.8. The second-order valence-corrected chi connectivity index (χ2v) is 7.65. The molecule has 1 saturated heterocycles. The van der Waals surface area contributed by atoms with Crippen LogP contribution in [0.15, 0.2) is 24.3 Å². The van der Waals surface area contributed by atoms with Gasteiger partial charge >= 0.3 is 0 Å². The molecule has 7 heteroatoms. The Hall–Kier alpha value is -2.12. The van der Waals surface area contributed by atoms with Crippen molar-refractivity contribution in [1.29, 1.82) is 0 Å². The third-order valence-electron chi connectivity index (χ3n) is 4.82. The number of benzene rings is 1. The molecule has 6 nitrogen and oxygen atoms in total. The van der Waals surface area contributed by atoms with Gasteiger partial charge in [0.05, 0.1) is 17.5 Å². The molecule has 26 heavy (non-hydrogen) atoms. The molecule has 3 heterocycles. The molecule has 3 aromatic rings. The van der Waals surface area contributed by atoms with E-state index in [2.05, 4.69) is 27.1 Å². The standard InChI is InChI=1S/C19H24N4O2S/c1-3-25-15-9-7-14(8-10-15)16(22-11-5-4-6-12-22)17-18(24)23-19(26-17)20-13(2)21-23/h7-10,16,24H,3-6,11-12H2,1-2H3/t16-/m1/s1. The zero-order chi connectivity index (χ0) is 18.1. The molecule has 1 atom stereocenters. The van der Waals surface area contributed by atoms with Crippen molar-refractivity contribution in [2.24, 2.45) is 0 Å². The van der Waals surface area contributed by atoms with Crippen LogP contribution in [0.5, 0.6) is 11.6 Å². The Balaban J connectivity index is 1.76. The molecule has 1 fully saturated rings. The Morgan fingerprint density at radius 2 is 1.92 bits per heavy atom. The summed E-state index contributed by atoms with van der Waals surface area (Å²) in [5.41, 5.74) is 1.16. The largest absolute Gasteiger partial charge is 0.494 e. The van der Waals surface area contributed by atoms with Crippen LogP contribution in [0.3, 0.4) is 0 Å². The molecule has 2 aromatic heterocycles. The van der Waals surface area contributed by atoms with E-state index >= 15 is 0 Å². The molecule has 0 spiro atoms. The van der Waals surface area contributed by atoms with Crippen LogP contribution in [-0.2, 0) is 0 Å². The molecular weight excluding hydrogens is 348 g/mol. The number of thiazole rings is 1. The number of piperidine rings is 1. The van der Waals surface area contributed by atoms with Crippen LogP contribution in [0.1, 0.15) is 48.5 Å². The van der Waals surface area contributed by atoms with Gasteiger partial charge in [0.1, 0.15) is 11.6 Å². The summed E-state index contributed by atoms with van der Waals surface area (Å²) in [5, 5.41) is 15.1. The van der Waals surface area contributed by atoms with Gasteiger partial charge in [-0.2, -0.15) is 4.52 Å². The number of hydrogen-bond acceptors (Lipinski definition) is 6. The average Bonchev–Trinajstić information content (AvgIpc) is 3.16. The molecule has 0 bridgehead atoms. The molecule has 4 rings (SSSR count). The van der Waals surface area contributed by atoms with Gasteiger partial charge in [-0.3, -0.25) is 4.90 Å². The SMILES string of the molecule is CCOc1ccc([C@H](c2sc3nc(C)nn3c2O)N2CCCCC2)cc1. The van der Waals surface area contributed by atoms with Gasteiger partial charge in [-0.25, -0.2) is 4.98 Å². The van der Waals surface area contributed by atoms with Crippen molar-refractivity contribution < 1.29 is 9.84 Å². The molecule has 0 amide bonds. The first-order valence-electron chi connectivity index (χ1n) is 9.19. The minimum atomic E-state index is 0.0137. The number of ether oxygens (including phenoxy) is 1. The van der Waals surface area contributed by atoms with E-state index in [0.717, 1.165) is 34.2 Å². The van der Waals surface area contributed by atoms with Crippen molar-refractivity contribution in [3.63, 3.8) is 0 Å². The zero-order valence-corrected chi connectivity index (χ0v) is 16.0. The molecule has 1 aliphatic rings. The lowest BCUT2D eigenvalue weighted by atomic mass is 10.0. The summed E-state index contributed by atoms with van der Waals surface area (Å²) in [5.74, 6) is 1.75. The van der Waals surface area contributed by atoms with Crippen molar-refractivity contribution >= 4 is 16.3 Å². The highest BCUT2D eigenvalue weighted by molar-refractivity contribution is 7.17. The Kier molecular flexibility index (Phi) is 4.82. The van der Waals surface area contributed by atoms with Gasteiger partial charge < -0.3 is 9.84 Å². The highest BCUT2D eigenvalue weighted by Gasteiger charge is 2.30. The summed E-state index contributed by atoms with van der Waals surface area (Å²) in [7, 11) is 0. The average molecular weight is 372 g/mol. The number of fused-ring (bicyclic) bond motifs is 1. The van der Waals surface area contributed by atoms with E-state index in [1.54, 1.807) is 4.52 Å². The monoisotopic (exact) mass is 372 g/mol. The number of hydrogen-bond donors (Lipinski definition) is 1. The van der Waals surface area contributed by atoms with Crippen LogP contribution in [0, 0.1) is 6.92 Å². The maximum Gasteiger partial charge on any atom is 0.230 e. The first-order chi connectivity index (χ1) is 12.7. The Morgan fingerprint density at radius 3 is 2.58 bits per heavy atom. The molecule has 0 aliphatic carbocycles. The molecule has 0 unspecified atom stereocenters. The van der Waals surface area contributed by atoms with E-state index < -0.39 is 0 Å². The minimum Gasteiger partial charge on any atom is -0.494 e. The van der Waals surface area contributed by atoms with Gasteiger partial charge in [0.2, 0.25) is 10.8 Å². The molecule has 1 aliphatic heterocycles. The van der Waals surface area contributed by atoms with Crippen molar-refractivity contribution in [2.75, 3.05) is 19.7 Å². The fourth-order valence-electron chi connectivity index (χ4n) is 3.64. The number of aromatic hydroxyl groups is 1. The highest BCUT2D eigenvalue weighted by atomic mass is 32.1. The fraction of sp³-hybridized carbons (Fsp3) is 0.474. The number of aryl methyl sites for hydroxylation is 1. The topological polar surface area (TPSA) is 62.9 Å². The Labute approximate surface area is 157 Å². The minimum absolute atomic E-state index is 0.0137. The Bertz CT molecular complexity index is 881. The van der Waals surface area contributed by atoms with E-state index in [1.807, 2.05) is 26.0 Å². The smallest absolute Gasteiger partial charge is 0.230 e. The third kappa shape index (κ3) is 3.17. The van der Waals surface area contributed by atoms with E-state index in [9.17, 15) is 5.11 Å². The summed E-state index contributed by atoms with van der Waals surface area (Å²) in [6, 6.07) is 8.23. The summed E-state index contributed by atoms with van der Waals surface area (Å²) in [6.07, 6.45) is 3.65. The first-order valence-corrected chi connectivity index (χ1v) is 10.0. The van der Waals surface area contributed by atoms with Gasteiger partial charge in [-0.05, 0) is 57.5 Å². The molecular formula is C19H24N4O2S. The van der Waals surface area contributed by atoms with Crippen molar-refractivity contribution in [3.05, 3.63) is 40.5 Å². The van der Waals surface area contributed by atoms with E-state index in [-0.39, 0.29) is 11.9 Å². The zero-order valence-electron chi connectivity index (χ0n) is 15.2. The number of aromatic nitrogens is 3. The first kappa shape index (κ1) is 17.3. The van der Waals surface area contributed by atoms with Crippen LogP contribution in [-0.4, -0.2) is 44.3 Å². The van der Waals surface area contributed by atoms with Crippen LogP contribution in [0.4, 0.5) is 0 Å².